The third kappa shape index (κ3) is 4.68. The van der Waals surface area contributed by atoms with E-state index in [1.165, 1.54) is 6.42 Å². The van der Waals surface area contributed by atoms with Crippen LogP contribution in [-0.4, -0.2) is 18.1 Å². The van der Waals surface area contributed by atoms with Crippen LogP contribution in [0.5, 0.6) is 5.75 Å². The minimum absolute atomic E-state index is 0.0000803. The number of hydrogen-bond acceptors (Lipinski definition) is 3. The first-order valence-corrected chi connectivity index (χ1v) is 9.69. The number of ether oxygens (including phenoxy) is 1. The lowest BCUT2D eigenvalue weighted by atomic mass is 9.95. The molecule has 1 aliphatic carbocycles. The maximum atomic E-state index is 12.7. The van der Waals surface area contributed by atoms with Gasteiger partial charge in [-0.25, -0.2) is 0 Å². The molecule has 0 aliphatic heterocycles. The second-order valence-corrected chi connectivity index (χ2v) is 7.34. The standard InChI is InChI=1S/C23H26N2O2/c1-16(2)27-22-13-12-17-8-6-7-11-20(17)21(22)14-18(15-24)23(26)25-19-9-4-3-5-10-19/h6-8,11-14,16,19H,3-5,9-10H2,1-2H3,(H,25,26)/b18-14+. The van der Waals surface area contributed by atoms with Gasteiger partial charge < -0.3 is 10.1 Å². The molecule has 27 heavy (non-hydrogen) atoms. The van der Waals surface area contributed by atoms with E-state index in [2.05, 4.69) is 11.4 Å². The lowest BCUT2D eigenvalue weighted by Gasteiger charge is -2.22. The van der Waals surface area contributed by atoms with Crippen LogP contribution in [0.2, 0.25) is 0 Å². The fourth-order valence-electron chi connectivity index (χ4n) is 3.58. The topological polar surface area (TPSA) is 62.1 Å². The van der Waals surface area contributed by atoms with E-state index in [4.69, 9.17) is 4.74 Å². The van der Waals surface area contributed by atoms with E-state index in [0.29, 0.717) is 5.75 Å². The Balaban J connectivity index is 1.97. The van der Waals surface area contributed by atoms with E-state index in [-0.39, 0.29) is 23.6 Å². The summed E-state index contributed by atoms with van der Waals surface area (Å²) in [6, 6.07) is 14.1. The Labute approximate surface area is 160 Å². The van der Waals surface area contributed by atoms with E-state index < -0.39 is 0 Å². The molecule has 0 heterocycles. The van der Waals surface area contributed by atoms with Crippen LogP contribution in [0.1, 0.15) is 51.5 Å². The zero-order valence-electron chi connectivity index (χ0n) is 16.0. The van der Waals surface area contributed by atoms with Crippen molar-refractivity contribution in [2.24, 2.45) is 0 Å². The number of benzene rings is 2. The quantitative estimate of drug-likeness (QED) is 0.602. The van der Waals surface area contributed by atoms with E-state index in [1.54, 1.807) is 6.08 Å². The molecule has 3 rings (SSSR count). The molecule has 140 valence electrons. The summed E-state index contributed by atoms with van der Waals surface area (Å²) in [5.74, 6) is 0.384. The van der Waals surface area contributed by atoms with Crippen molar-refractivity contribution in [3.8, 4) is 11.8 Å². The largest absolute Gasteiger partial charge is 0.490 e. The second kappa shape index (κ2) is 8.73. The van der Waals surface area contributed by atoms with Gasteiger partial charge in [-0.05, 0) is 49.6 Å². The number of rotatable bonds is 5. The maximum Gasteiger partial charge on any atom is 0.262 e. The Hall–Kier alpha value is -2.80. The van der Waals surface area contributed by atoms with Gasteiger partial charge in [-0.3, -0.25) is 4.79 Å². The zero-order chi connectivity index (χ0) is 19.2. The molecule has 1 fully saturated rings. The number of carbonyl (C=O) groups is 1. The molecular formula is C23H26N2O2. The number of carbonyl (C=O) groups excluding carboxylic acids is 1. The number of amides is 1. The van der Waals surface area contributed by atoms with Gasteiger partial charge in [0.1, 0.15) is 17.4 Å². The molecule has 4 nitrogen and oxygen atoms in total. The minimum atomic E-state index is -0.298. The Morgan fingerprint density at radius 2 is 1.93 bits per heavy atom. The summed E-state index contributed by atoms with van der Waals surface area (Å²) < 4.78 is 5.94. The van der Waals surface area contributed by atoms with Gasteiger partial charge in [-0.1, -0.05) is 49.6 Å². The summed E-state index contributed by atoms with van der Waals surface area (Å²) in [6.45, 7) is 3.92. The van der Waals surface area contributed by atoms with Crippen molar-refractivity contribution in [2.75, 3.05) is 0 Å². The van der Waals surface area contributed by atoms with Gasteiger partial charge in [0.15, 0.2) is 0 Å². The molecule has 1 N–H and O–H groups in total. The number of nitrogens with zero attached hydrogens (tertiary/aromatic N) is 1. The summed E-state index contributed by atoms with van der Waals surface area (Å²) >= 11 is 0. The van der Waals surface area contributed by atoms with Gasteiger partial charge in [0.05, 0.1) is 6.10 Å². The predicted molar refractivity (Wildman–Crippen MR) is 108 cm³/mol. The van der Waals surface area contributed by atoms with Crippen LogP contribution in [0, 0.1) is 11.3 Å². The summed E-state index contributed by atoms with van der Waals surface area (Å²) in [4.78, 5) is 12.7. The van der Waals surface area contributed by atoms with Crippen LogP contribution in [0.3, 0.4) is 0 Å². The summed E-state index contributed by atoms with van der Waals surface area (Å²) in [6.07, 6.45) is 7.12. The average molecular weight is 362 g/mol. The van der Waals surface area contributed by atoms with Crippen LogP contribution < -0.4 is 10.1 Å². The van der Waals surface area contributed by atoms with Gasteiger partial charge in [-0.15, -0.1) is 0 Å². The molecule has 0 bridgehead atoms. The smallest absolute Gasteiger partial charge is 0.262 e. The van der Waals surface area contributed by atoms with Gasteiger partial charge >= 0.3 is 0 Å². The monoisotopic (exact) mass is 362 g/mol. The minimum Gasteiger partial charge on any atom is -0.490 e. The Morgan fingerprint density at radius 3 is 2.63 bits per heavy atom. The third-order valence-corrected chi connectivity index (χ3v) is 4.89. The molecule has 0 spiro atoms. The summed E-state index contributed by atoms with van der Waals surface area (Å²) in [7, 11) is 0. The van der Waals surface area contributed by atoms with Crippen molar-refractivity contribution in [2.45, 2.75) is 58.1 Å². The first-order valence-electron chi connectivity index (χ1n) is 9.69. The average Bonchev–Trinajstić information content (AvgIpc) is 2.67. The summed E-state index contributed by atoms with van der Waals surface area (Å²) in [5.41, 5.74) is 0.891. The summed E-state index contributed by atoms with van der Waals surface area (Å²) in [5, 5.41) is 14.7. The van der Waals surface area contributed by atoms with Crippen molar-refractivity contribution < 1.29 is 9.53 Å². The molecule has 2 aromatic carbocycles. The van der Waals surface area contributed by atoms with E-state index in [0.717, 1.165) is 42.0 Å². The first kappa shape index (κ1) is 19.0. The third-order valence-electron chi connectivity index (χ3n) is 4.89. The number of nitriles is 1. The van der Waals surface area contributed by atoms with Crippen molar-refractivity contribution in [3.63, 3.8) is 0 Å². The number of nitrogens with one attached hydrogen (secondary N) is 1. The van der Waals surface area contributed by atoms with Gasteiger partial charge in [0, 0.05) is 11.6 Å². The Bertz CT molecular complexity index is 887. The zero-order valence-corrected chi connectivity index (χ0v) is 16.0. The Kier molecular flexibility index (Phi) is 6.13. The lowest BCUT2D eigenvalue weighted by molar-refractivity contribution is -0.117. The highest BCUT2D eigenvalue weighted by atomic mass is 16.5. The van der Waals surface area contributed by atoms with Crippen molar-refractivity contribution >= 4 is 22.8 Å². The lowest BCUT2D eigenvalue weighted by Crippen LogP contribution is -2.36. The number of hydrogen-bond donors (Lipinski definition) is 1. The molecule has 0 atom stereocenters. The van der Waals surface area contributed by atoms with Crippen LogP contribution >= 0.6 is 0 Å². The highest BCUT2D eigenvalue weighted by molar-refractivity contribution is 6.05. The molecule has 0 aromatic heterocycles. The van der Waals surface area contributed by atoms with Gasteiger partial charge in [0.25, 0.3) is 5.91 Å². The van der Waals surface area contributed by atoms with Gasteiger partial charge in [-0.2, -0.15) is 5.26 Å². The van der Waals surface area contributed by atoms with Crippen molar-refractivity contribution in [3.05, 3.63) is 47.5 Å². The fourth-order valence-corrected chi connectivity index (χ4v) is 3.58. The first-order chi connectivity index (χ1) is 13.1. The molecule has 1 aliphatic rings. The molecule has 0 radical (unpaired) electrons. The van der Waals surface area contributed by atoms with Crippen molar-refractivity contribution in [1.82, 2.24) is 5.32 Å². The van der Waals surface area contributed by atoms with Crippen LogP contribution in [0.25, 0.3) is 16.8 Å². The molecule has 0 saturated heterocycles. The second-order valence-electron chi connectivity index (χ2n) is 7.34. The molecule has 1 saturated carbocycles. The Morgan fingerprint density at radius 1 is 1.19 bits per heavy atom. The molecule has 0 unspecified atom stereocenters. The van der Waals surface area contributed by atoms with Crippen molar-refractivity contribution in [1.29, 1.82) is 5.26 Å². The van der Waals surface area contributed by atoms with E-state index in [1.807, 2.05) is 50.2 Å². The SMILES string of the molecule is CC(C)Oc1ccc2ccccc2c1/C=C(\C#N)C(=O)NC1CCCCC1. The van der Waals surface area contributed by atoms with Crippen LogP contribution in [0.15, 0.2) is 42.0 Å². The molecule has 2 aromatic rings. The predicted octanol–water partition coefficient (Wildman–Crippen LogP) is 4.98. The number of fused-ring (bicyclic) bond motifs is 1. The highest BCUT2D eigenvalue weighted by Crippen LogP contribution is 2.31. The van der Waals surface area contributed by atoms with E-state index in [9.17, 15) is 10.1 Å². The normalized spacial score (nSPS) is 15.6. The van der Waals surface area contributed by atoms with Gasteiger partial charge in [0.2, 0.25) is 0 Å². The molecule has 1 amide bonds. The fraction of sp³-hybridized carbons (Fsp3) is 0.391. The highest BCUT2D eigenvalue weighted by Gasteiger charge is 2.19. The van der Waals surface area contributed by atoms with E-state index >= 15 is 0 Å². The molecular weight excluding hydrogens is 336 g/mol. The van der Waals surface area contributed by atoms with Crippen LogP contribution in [-0.2, 0) is 4.79 Å². The molecule has 4 heteroatoms. The van der Waals surface area contributed by atoms with Crippen LogP contribution in [0.4, 0.5) is 0 Å². The maximum absolute atomic E-state index is 12.7.